The maximum atomic E-state index is 13.7. The largest absolute Gasteiger partial charge is 0.465 e. The maximum absolute atomic E-state index is 13.7. The van der Waals surface area contributed by atoms with E-state index in [1.165, 1.54) is 14.2 Å². The van der Waals surface area contributed by atoms with Crippen molar-refractivity contribution in [3.8, 4) is 0 Å². The second-order valence-electron chi connectivity index (χ2n) is 8.89. The summed E-state index contributed by atoms with van der Waals surface area (Å²) in [6.07, 6.45) is -0.543. The molecule has 0 saturated carbocycles. The molecule has 0 fully saturated rings. The van der Waals surface area contributed by atoms with Gasteiger partial charge in [-0.25, -0.2) is 14.6 Å². The molecule has 3 N–H and O–H groups in total. The first-order valence-electron chi connectivity index (χ1n) is 11.9. The molecule has 3 aromatic carbocycles. The molecule has 10 heteroatoms. The number of ether oxygens (including phenoxy) is 2. The van der Waals surface area contributed by atoms with E-state index in [1.54, 1.807) is 36.4 Å². The first-order chi connectivity index (χ1) is 18.5. The molecule has 2 aliphatic heterocycles. The van der Waals surface area contributed by atoms with Crippen molar-refractivity contribution < 1.29 is 23.9 Å². The van der Waals surface area contributed by atoms with Crippen LogP contribution in [0.4, 0.5) is 5.95 Å². The molecule has 38 heavy (non-hydrogen) atoms. The summed E-state index contributed by atoms with van der Waals surface area (Å²) in [6, 6.07) is 21.0. The number of hydrogen-bond acceptors (Lipinski definition) is 8. The molecule has 0 radical (unpaired) electrons. The van der Waals surface area contributed by atoms with Crippen molar-refractivity contribution >= 4 is 34.8 Å². The summed E-state index contributed by atoms with van der Waals surface area (Å²) in [5, 5.41) is 9.72. The van der Waals surface area contributed by atoms with Gasteiger partial charge in [-0.3, -0.25) is 9.36 Å². The smallest absolute Gasteiger partial charge is 0.337 e. The van der Waals surface area contributed by atoms with E-state index >= 15 is 0 Å². The molecule has 3 heterocycles. The van der Waals surface area contributed by atoms with E-state index in [-0.39, 0.29) is 5.91 Å². The lowest BCUT2D eigenvalue weighted by atomic mass is 9.93. The first kappa shape index (κ1) is 23.3. The lowest BCUT2D eigenvalue weighted by Gasteiger charge is -2.37. The Kier molecular flexibility index (Phi) is 5.56. The fraction of sp³-hybridized carbons (Fsp3) is 0.143. The normalized spacial score (nSPS) is 18.0. The summed E-state index contributed by atoms with van der Waals surface area (Å²) < 4.78 is 11.6. The molecule has 2 unspecified atom stereocenters. The summed E-state index contributed by atoms with van der Waals surface area (Å²) >= 11 is 0. The zero-order valence-corrected chi connectivity index (χ0v) is 20.5. The second-order valence-corrected chi connectivity index (χ2v) is 8.89. The lowest BCUT2D eigenvalue weighted by molar-refractivity contribution is -0.119. The van der Waals surface area contributed by atoms with Gasteiger partial charge in [-0.05, 0) is 47.5 Å². The van der Waals surface area contributed by atoms with Crippen LogP contribution in [0.5, 0.6) is 0 Å². The van der Waals surface area contributed by atoms with Gasteiger partial charge in [0.25, 0.3) is 5.91 Å². The van der Waals surface area contributed by atoms with E-state index in [1.807, 2.05) is 41.0 Å². The van der Waals surface area contributed by atoms with E-state index < -0.39 is 24.1 Å². The standard InChI is InChI=1S/C28H23N5O5/c1-37-26(35)17-11-7-15(8-12-17)22-21-24(32-28-29-19-5-3-4-6-20(19)33(22)28)30-23(31-25(21)34)16-9-13-18(14-10-16)27(36)38-2/h3-14,22-23,30H,1-2H3,(H,29,32)(H,31,34). The number of para-hydroxylation sites is 2. The summed E-state index contributed by atoms with van der Waals surface area (Å²) in [5.41, 5.74) is 4.51. The van der Waals surface area contributed by atoms with Crippen molar-refractivity contribution in [2.24, 2.45) is 0 Å². The Labute approximate surface area is 217 Å². The summed E-state index contributed by atoms with van der Waals surface area (Å²) in [5.74, 6) is -0.0295. The number of amides is 1. The van der Waals surface area contributed by atoms with Crippen LogP contribution >= 0.6 is 0 Å². The van der Waals surface area contributed by atoms with Crippen molar-refractivity contribution in [2.45, 2.75) is 12.2 Å². The van der Waals surface area contributed by atoms with Gasteiger partial charge >= 0.3 is 11.9 Å². The molecule has 2 atom stereocenters. The van der Waals surface area contributed by atoms with Gasteiger partial charge in [-0.15, -0.1) is 0 Å². The Balaban J connectivity index is 1.43. The number of carbonyl (C=O) groups excluding carboxylic acids is 3. The topological polar surface area (TPSA) is 124 Å². The average molecular weight is 510 g/mol. The third kappa shape index (κ3) is 3.74. The number of methoxy groups -OCH3 is 2. The van der Waals surface area contributed by atoms with Crippen molar-refractivity contribution in [3.05, 3.63) is 106 Å². The molecule has 1 aromatic heterocycles. The number of fused-ring (bicyclic) bond motifs is 3. The summed E-state index contributed by atoms with van der Waals surface area (Å²) in [7, 11) is 2.66. The summed E-state index contributed by atoms with van der Waals surface area (Å²) in [4.78, 5) is 42.3. The number of benzene rings is 3. The third-order valence-corrected chi connectivity index (χ3v) is 6.75. The van der Waals surface area contributed by atoms with Gasteiger partial charge in [0.2, 0.25) is 5.95 Å². The fourth-order valence-corrected chi connectivity index (χ4v) is 4.91. The van der Waals surface area contributed by atoms with E-state index in [0.717, 1.165) is 22.2 Å². The van der Waals surface area contributed by atoms with E-state index in [4.69, 9.17) is 14.5 Å². The number of hydrogen-bond donors (Lipinski definition) is 3. The van der Waals surface area contributed by atoms with Crippen LogP contribution in [-0.2, 0) is 14.3 Å². The molecular weight excluding hydrogens is 486 g/mol. The van der Waals surface area contributed by atoms with Crippen LogP contribution in [0, 0.1) is 0 Å². The van der Waals surface area contributed by atoms with Crippen LogP contribution in [0.3, 0.4) is 0 Å². The zero-order valence-electron chi connectivity index (χ0n) is 20.5. The predicted octanol–water partition coefficient (Wildman–Crippen LogP) is 3.25. The summed E-state index contributed by atoms with van der Waals surface area (Å²) in [6.45, 7) is 0. The highest BCUT2D eigenvalue weighted by atomic mass is 16.5. The zero-order chi connectivity index (χ0) is 26.4. The SMILES string of the molecule is COC(=O)c1ccc(C2NC(=O)C3=C(Nc4nc5ccccc5n4C3c3ccc(C(=O)OC)cc3)N2)cc1. The Morgan fingerprint density at radius 2 is 1.42 bits per heavy atom. The first-order valence-corrected chi connectivity index (χ1v) is 11.9. The molecule has 2 aliphatic rings. The van der Waals surface area contributed by atoms with Gasteiger partial charge in [0.15, 0.2) is 0 Å². The van der Waals surface area contributed by atoms with Crippen LogP contribution in [0.2, 0.25) is 0 Å². The van der Waals surface area contributed by atoms with Crippen LogP contribution in [-0.4, -0.2) is 41.6 Å². The fourth-order valence-electron chi connectivity index (χ4n) is 4.91. The molecular formula is C28H23N5O5. The van der Waals surface area contributed by atoms with E-state index in [2.05, 4.69) is 16.0 Å². The van der Waals surface area contributed by atoms with Gasteiger partial charge in [-0.2, -0.15) is 0 Å². The molecule has 1 amide bonds. The Hall–Kier alpha value is -5.12. The number of nitrogens with zero attached hydrogens (tertiary/aromatic N) is 2. The Morgan fingerprint density at radius 3 is 2.05 bits per heavy atom. The minimum atomic E-state index is -0.543. The van der Waals surface area contributed by atoms with Gasteiger partial charge in [0, 0.05) is 0 Å². The number of rotatable bonds is 4. The minimum Gasteiger partial charge on any atom is -0.465 e. The number of aromatic nitrogens is 2. The van der Waals surface area contributed by atoms with Crippen LogP contribution in [0.15, 0.2) is 84.2 Å². The monoisotopic (exact) mass is 509 g/mol. The molecule has 0 spiro atoms. The van der Waals surface area contributed by atoms with E-state index in [0.29, 0.717) is 28.5 Å². The maximum Gasteiger partial charge on any atom is 0.337 e. The molecule has 4 aromatic rings. The van der Waals surface area contributed by atoms with Crippen molar-refractivity contribution in [1.82, 2.24) is 20.2 Å². The van der Waals surface area contributed by atoms with Crippen LogP contribution < -0.4 is 16.0 Å². The molecule has 0 aliphatic carbocycles. The van der Waals surface area contributed by atoms with Crippen LogP contribution in [0.1, 0.15) is 44.1 Å². The third-order valence-electron chi connectivity index (χ3n) is 6.75. The highest BCUT2D eigenvalue weighted by Crippen LogP contribution is 2.40. The van der Waals surface area contributed by atoms with Crippen molar-refractivity contribution in [2.75, 3.05) is 19.5 Å². The molecule has 10 nitrogen and oxygen atoms in total. The number of carbonyl (C=O) groups is 3. The van der Waals surface area contributed by atoms with Crippen LogP contribution in [0.25, 0.3) is 11.0 Å². The number of imidazole rings is 1. The number of esters is 2. The highest BCUT2D eigenvalue weighted by molar-refractivity contribution is 5.99. The van der Waals surface area contributed by atoms with Crippen molar-refractivity contribution in [3.63, 3.8) is 0 Å². The van der Waals surface area contributed by atoms with Crippen molar-refractivity contribution in [1.29, 1.82) is 0 Å². The minimum absolute atomic E-state index is 0.265. The molecule has 190 valence electrons. The highest BCUT2D eigenvalue weighted by Gasteiger charge is 2.39. The van der Waals surface area contributed by atoms with Gasteiger partial charge < -0.3 is 25.4 Å². The Morgan fingerprint density at radius 1 is 0.816 bits per heavy atom. The van der Waals surface area contributed by atoms with Gasteiger partial charge in [-0.1, -0.05) is 36.4 Å². The number of anilines is 1. The molecule has 6 rings (SSSR count). The number of nitrogens with one attached hydrogen (secondary N) is 3. The van der Waals surface area contributed by atoms with Gasteiger partial charge in [0.1, 0.15) is 12.0 Å². The van der Waals surface area contributed by atoms with Gasteiger partial charge in [0.05, 0.1) is 48.0 Å². The Bertz CT molecular complexity index is 1620. The quantitative estimate of drug-likeness (QED) is 0.358. The molecule has 0 bridgehead atoms. The predicted molar refractivity (Wildman–Crippen MR) is 138 cm³/mol. The molecule has 0 saturated heterocycles. The lowest BCUT2D eigenvalue weighted by Crippen LogP contribution is -2.49. The second kappa shape index (κ2) is 9.07. The van der Waals surface area contributed by atoms with E-state index in [9.17, 15) is 14.4 Å². The average Bonchev–Trinajstić information content (AvgIpc) is 3.33.